The van der Waals surface area contributed by atoms with Crippen LogP contribution in [0.3, 0.4) is 0 Å². The van der Waals surface area contributed by atoms with Crippen LogP contribution in [0.15, 0.2) is 29.3 Å². The number of hydrogen-bond acceptors (Lipinski definition) is 4. The molecule has 2 atom stereocenters. The highest BCUT2D eigenvalue weighted by molar-refractivity contribution is 8.14. The first-order chi connectivity index (χ1) is 13.1. The molecule has 1 amide bonds. The molecule has 6 heteroatoms. The van der Waals surface area contributed by atoms with Crippen LogP contribution in [0.25, 0.3) is 0 Å². The fraction of sp³-hybridized carbons (Fsp3) is 0.571. The Hall–Kier alpha value is -1.82. The minimum atomic E-state index is -0.783. The van der Waals surface area contributed by atoms with E-state index < -0.39 is 5.97 Å². The van der Waals surface area contributed by atoms with Gasteiger partial charge in [-0.15, -0.1) is 0 Å². The van der Waals surface area contributed by atoms with Gasteiger partial charge in [0.05, 0.1) is 5.92 Å². The van der Waals surface area contributed by atoms with E-state index in [1.54, 1.807) is 11.8 Å². The normalized spacial score (nSPS) is 23.0. The molecule has 0 bridgehead atoms. The summed E-state index contributed by atoms with van der Waals surface area (Å²) in [5.41, 5.74) is 2.01. The number of amidine groups is 1. The van der Waals surface area contributed by atoms with Crippen LogP contribution in [0, 0.1) is 5.92 Å². The number of aliphatic imine (C=N–C) groups is 1. The number of fused-ring (bicyclic) bond motifs is 1. The molecule has 27 heavy (non-hydrogen) atoms. The lowest BCUT2D eigenvalue weighted by atomic mass is 9.90. The molecule has 2 aliphatic rings. The summed E-state index contributed by atoms with van der Waals surface area (Å²) >= 11 is 1.77. The predicted molar refractivity (Wildman–Crippen MR) is 110 cm³/mol. The molecule has 1 heterocycles. The number of thioether (sulfide) groups is 1. The average Bonchev–Trinajstić information content (AvgIpc) is 2.63. The van der Waals surface area contributed by atoms with Crippen LogP contribution in [0.5, 0.6) is 0 Å². The van der Waals surface area contributed by atoms with Crippen LogP contribution in [-0.2, 0) is 16.0 Å². The summed E-state index contributed by atoms with van der Waals surface area (Å²) in [4.78, 5) is 30.0. The van der Waals surface area contributed by atoms with E-state index in [1.807, 2.05) is 24.3 Å². The van der Waals surface area contributed by atoms with Gasteiger partial charge in [-0.25, -0.2) is 0 Å². The number of nitrogens with zero attached hydrogens (tertiary/aromatic N) is 2. The molecule has 1 fully saturated rings. The summed E-state index contributed by atoms with van der Waals surface area (Å²) in [5, 5.41) is 9.97. The number of carboxylic acid groups (broad SMARTS) is 1. The summed E-state index contributed by atoms with van der Waals surface area (Å²) < 4.78 is 0. The molecule has 3 rings (SSSR count). The highest BCUT2D eigenvalue weighted by Gasteiger charge is 2.36. The molecule has 5 nitrogen and oxygen atoms in total. The third kappa shape index (κ3) is 5.12. The molecule has 0 spiro atoms. The molecular weight excluding hydrogens is 360 g/mol. The summed E-state index contributed by atoms with van der Waals surface area (Å²) in [7, 11) is 0. The number of aliphatic carboxylic acids is 1. The Kier molecular flexibility index (Phi) is 6.94. The third-order valence-electron chi connectivity index (χ3n) is 5.41. The van der Waals surface area contributed by atoms with Crippen molar-refractivity contribution in [1.82, 2.24) is 0 Å². The summed E-state index contributed by atoms with van der Waals surface area (Å²) in [6.07, 6.45) is 7.54. The van der Waals surface area contributed by atoms with E-state index >= 15 is 0 Å². The third-order valence-corrected chi connectivity index (χ3v) is 6.79. The molecule has 2 unspecified atom stereocenters. The van der Waals surface area contributed by atoms with Gasteiger partial charge in [-0.2, -0.15) is 4.99 Å². The quantitative estimate of drug-likeness (QED) is 0.804. The monoisotopic (exact) mass is 388 g/mol. The Balaban J connectivity index is 1.75. The maximum Gasteiger partial charge on any atom is 0.303 e. The van der Waals surface area contributed by atoms with Crippen molar-refractivity contribution in [3.63, 3.8) is 0 Å². The Morgan fingerprint density at radius 2 is 1.89 bits per heavy atom. The lowest BCUT2D eigenvalue weighted by Gasteiger charge is -2.34. The molecule has 1 saturated carbocycles. The zero-order valence-corrected chi connectivity index (χ0v) is 16.7. The van der Waals surface area contributed by atoms with Gasteiger partial charge in [-0.3, -0.25) is 9.59 Å². The number of benzene rings is 1. The molecule has 1 aromatic rings. The SMILES string of the molecule is CCN(C1=NC(=O)C2CCCCCCC2S1)c1ccc(CCC(=O)O)cc1. The van der Waals surface area contributed by atoms with Crippen molar-refractivity contribution in [1.29, 1.82) is 0 Å². The van der Waals surface area contributed by atoms with E-state index in [2.05, 4.69) is 16.8 Å². The highest BCUT2D eigenvalue weighted by Crippen LogP contribution is 2.38. The van der Waals surface area contributed by atoms with Gasteiger partial charge in [0.25, 0.3) is 5.91 Å². The Bertz CT molecular complexity index is 702. The average molecular weight is 389 g/mol. The lowest BCUT2D eigenvalue weighted by molar-refractivity contribution is -0.137. The number of aryl methyl sites for hydroxylation is 1. The number of carboxylic acids is 1. The van der Waals surface area contributed by atoms with Crippen molar-refractivity contribution < 1.29 is 14.7 Å². The topological polar surface area (TPSA) is 70.0 Å². The molecule has 1 N–H and O–H groups in total. The second kappa shape index (κ2) is 9.40. The van der Waals surface area contributed by atoms with Crippen molar-refractivity contribution in [2.24, 2.45) is 10.9 Å². The first kappa shape index (κ1) is 19.9. The largest absolute Gasteiger partial charge is 0.481 e. The molecule has 1 aliphatic carbocycles. The number of carbonyl (C=O) groups is 2. The number of rotatable bonds is 5. The first-order valence-electron chi connectivity index (χ1n) is 9.96. The van der Waals surface area contributed by atoms with Crippen LogP contribution in [0.4, 0.5) is 5.69 Å². The van der Waals surface area contributed by atoms with Crippen LogP contribution >= 0.6 is 11.8 Å². The Morgan fingerprint density at radius 1 is 1.19 bits per heavy atom. The van der Waals surface area contributed by atoms with E-state index in [4.69, 9.17) is 5.11 Å². The summed E-state index contributed by atoms with van der Waals surface area (Å²) in [6, 6.07) is 7.93. The zero-order chi connectivity index (χ0) is 19.2. The second-order valence-corrected chi connectivity index (χ2v) is 8.50. The molecule has 146 valence electrons. The smallest absolute Gasteiger partial charge is 0.303 e. The Morgan fingerprint density at radius 3 is 2.56 bits per heavy atom. The maximum absolute atomic E-state index is 12.7. The van der Waals surface area contributed by atoms with Crippen molar-refractivity contribution in [2.45, 2.75) is 63.5 Å². The maximum atomic E-state index is 12.7. The van der Waals surface area contributed by atoms with Gasteiger partial charge in [0.1, 0.15) is 0 Å². The van der Waals surface area contributed by atoms with E-state index in [0.29, 0.717) is 11.7 Å². The number of hydrogen-bond donors (Lipinski definition) is 1. The van der Waals surface area contributed by atoms with Crippen LogP contribution in [-0.4, -0.2) is 33.9 Å². The van der Waals surface area contributed by atoms with Gasteiger partial charge in [0.2, 0.25) is 0 Å². The lowest BCUT2D eigenvalue weighted by Crippen LogP contribution is -2.39. The fourth-order valence-electron chi connectivity index (χ4n) is 3.86. The van der Waals surface area contributed by atoms with Gasteiger partial charge in [0.15, 0.2) is 5.17 Å². The fourth-order valence-corrected chi connectivity index (χ4v) is 5.34. The van der Waals surface area contributed by atoms with E-state index in [9.17, 15) is 9.59 Å². The Labute approximate surface area is 165 Å². The number of amides is 1. The molecule has 0 radical (unpaired) electrons. The molecular formula is C21H28N2O3S. The minimum absolute atomic E-state index is 0.0483. The van der Waals surface area contributed by atoms with Crippen molar-refractivity contribution in [3.05, 3.63) is 29.8 Å². The van der Waals surface area contributed by atoms with Crippen LogP contribution < -0.4 is 4.90 Å². The summed E-state index contributed by atoms with van der Waals surface area (Å²) in [6.45, 7) is 2.81. The van der Waals surface area contributed by atoms with E-state index in [1.165, 1.54) is 19.3 Å². The van der Waals surface area contributed by atoms with Gasteiger partial charge in [-0.05, 0) is 43.9 Å². The highest BCUT2D eigenvalue weighted by atomic mass is 32.2. The molecule has 0 saturated heterocycles. The standard InChI is InChI=1S/C21H28N2O3S/c1-2-23(16-12-9-15(10-13-16)11-14-19(24)25)21-22-20(26)17-7-5-3-4-6-8-18(17)27-21/h9-10,12-13,17-18H,2-8,11,14H2,1H3,(H,24,25). The zero-order valence-electron chi connectivity index (χ0n) is 15.9. The van der Waals surface area contributed by atoms with Gasteiger partial charge in [0, 0.05) is 23.9 Å². The van der Waals surface area contributed by atoms with Crippen molar-refractivity contribution in [2.75, 3.05) is 11.4 Å². The van der Waals surface area contributed by atoms with Crippen molar-refractivity contribution >= 4 is 34.5 Å². The van der Waals surface area contributed by atoms with Crippen molar-refractivity contribution in [3.8, 4) is 0 Å². The van der Waals surface area contributed by atoms with Gasteiger partial charge < -0.3 is 10.0 Å². The molecule has 1 aliphatic heterocycles. The molecule has 1 aromatic carbocycles. The summed E-state index contributed by atoms with van der Waals surface area (Å²) in [5.74, 6) is -0.655. The van der Waals surface area contributed by atoms with Crippen LogP contribution in [0.1, 0.15) is 57.4 Å². The number of carbonyl (C=O) groups excluding carboxylic acids is 1. The van der Waals surface area contributed by atoms with E-state index in [-0.39, 0.29) is 18.2 Å². The number of anilines is 1. The van der Waals surface area contributed by atoms with E-state index in [0.717, 1.165) is 42.2 Å². The second-order valence-electron chi connectivity index (χ2n) is 7.29. The van der Waals surface area contributed by atoms with Crippen LogP contribution in [0.2, 0.25) is 0 Å². The van der Waals surface area contributed by atoms with Gasteiger partial charge >= 0.3 is 5.97 Å². The molecule has 0 aromatic heterocycles. The minimum Gasteiger partial charge on any atom is -0.481 e. The van der Waals surface area contributed by atoms with Gasteiger partial charge in [-0.1, -0.05) is 49.6 Å². The first-order valence-corrected chi connectivity index (χ1v) is 10.8. The predicted octanol–water partition coefficient (Wildman–Crippen LogP) is 4.50.